The van der Waals surface area contributed by atoms with Gasteiger partial charge in [-0.05, 0) is 25.5 Å². The highest BCUT2D eigenvalue weighted by Gasteiger charge is 2.17. The van der Waals surface area contributed by atoms with Gasteiger partial charge < -0.3 is 10.4 Å². The number of rotatable bonds is 4. The van der Waals surface area contributed by atoms with Crippen molar-refractivity contribution < 1.29 is 5.11 Å². The molecule has 1 unspecified atom stereocenters. The van der Waals surface area contributed by atoms with Crippen molar-refractivity contribution in [3.63, 3.8) is 0 Å². The normalized spacial score (nSPS) is 13.9. The van der Waals surface area contributed by atoms with Crippen LogP contribution in [0.2, 0.25) is 5.15 Å². The molecular weight excluding hydrogens is 226 g/mol. The first-order chi connectivity index (χ1) is 7.46. The first-order valence-electron chi connectivity index (χ1n) is 5.01. The maximum absolute atomic E-state index is 9.79. The molecule has 2 N–H and O–H groups in total. The zero-order valence-electron chi connectivity index (χ0n) is 9.29. The van der Waals surface area contributed by atoms with Crippen molar-refractivity contribution in [2.45, 2.75) is 25.9 Å². The van der Waals surface area contributed by atoms with Gasteiger partial charge in [0.15, 0.2) is 0 Å². The van der Waals surface area contributed by atoms with Gasteiger partial charge in [0.25, 0.3) is 0 Å². The van der Waals surface area contributed by atoms with Crippen LogP contribution in [0.1, 0.15) is 25.8 Å². The fourth-order valence-electron chi connectivity index (χ4n) is 1.06. The standard InChI is InChI=1S/C11H14ClN3O/c1-3-11(2,16)7-14-10-5-8(6-13)4-9(12)15-10/h4-5,16H,3,7H2,1-2H3,(H,14,15). The van der Waals surface area contributed by atoms with Crippen LogP contribution in [0.4, 0.5) is 5.82 Å². The van der Waals surface area contributed by atoms with E-state index in [1.807, 2.05) is 13.0 Å². The molecule has 0 saturated heterocycles. The van der Waals surface area contributed by atoms with Gasteiger partial charge in [0.1, 0.15) is 11.0 Å². The third-order valence-corrected chi connectivity index (χ3v) is 2.53. The number of aliphatic hydroxyl groups is 1. The molecule has 0 aliphatic heterocycles. The minimum Gasteiger partial charge on any atom is -0.388 e. The van der Waals surface area contributed by atoms with E-state index in [9.17, 15) is 5.11 Å². The Morgan fingerprint density at radius 2 is 2.31 bits per heavy atom. The van der Waals surface area contributed by atoms with Crippen LogP contribution in [0.25, 0.3) is 0 Å². The molecule has 16 heavy (non-hydrogen) atoms. The molecule has 5 heteroatoms. The van der Waals surface area contributed by atoms with Gasteiger partial charge in [-0.1, -0.05) is 18.5 Å². The van der Waals surface area contributed by atoms with Crippen molar-refractivity contribution >= 4 is 17.4 Å². The summed E-state index contributed by atoms with van der Waals surface area (Å²) in [4.78, 5) is 4.01. The summed E-state index contributed by atoms with van der Waals surface area (Å²) in [7, 11) is 0. The van der Waals surface area contributed by atoms with Gasteiger partial charge >= 0.3 is 0 Å². The topological polar surface area (TPSA) is 68.9 Å². The van der Waals surface area contributed by atoms with E-state index in [-0.39, 0.29) is 5.15 Å². The Morgan fingerprint density at radius 3 is 2.88 bits per heavy atom. The van der Waals surface area contributed by atoms with Gasteiger partial charge in [-0.3, -0.25) is 0 Å². The lowest BCUT2D eigenvalue weighted by atomic mass is 10.0. The highest BCUT2D eigenvalue weighted by Crippen LogP contribution is 2.15. The van der Waals surface area contributed by atoms with Crippen molar-refractivity contribution in [2.24, 2.45) is 0 Å². The molecule has 4 nitrogen and oxygen atoms in total. The Hall–Kier alpha value is -1.31. The number of nitrogens with one attached hydrogen (secondary N) is 1. The van der Waals surface area contributed by atoms with Crippen LogP contribution in [0, 0.1) is 11.3 Å². The van der Waals surface area contributed by atoms with E-state index in [1.165, 1.54) is 6.07 Å². The van der Waals surface area contributed by atoms with Gasteiger partial charge in [0.05, 0.1) is 17.2 Å². The molecule has 1 aromatic heterocycles. The fraction of sp³-hybridized carbons (Fsp3) is 0.455. The molecule has 1 aromatic rings. The summed E-state index contributed by atoms with van der Waals surface area (Å²) < 4.78 is 0. The van der Waals surface area contributed by atoms with Crippen molar-refractivity contribution in [3.8, 4) is 6.07 Å². The maximum Gasteiger partial charge on any atom is 0.132 e. The Balaban J connectivity index is 2.75. The van der Waals surface area contributed by atoms with Gasteiger partial charge in [0.2, 0.25) is 0 Å². The second-order valence-corrected chi connectivity index (χ2v) is 4.27. The molecule has 0 spiro atoms. The lowest BCUT2D eigenvalue weighted by Gasteiger charge is -2.21. The largest absolute Gasteiger partial charge is 0.388 e. The van der Waals surface area contributed by atoms with Gasteiger partial charge in [-0.2, -0.15) is 5.26 Å². The minimum atomic E-state index is -0.795. The first-order valence-corrected chi connectivity index (χ1v) is 5.38. The molecule has 1 heterocycles. The van der Waals surface area contributed by atoms with Crippen LogP contribution >= 0.6 is 11.6 Å². The molecule has 0 aliphatic carbocycles. The van der Waals surface area contributed by atoms with E-state index in [2.05, 4.69) is 10.3 Å². The number of nitrogens with zero attached hydrogens (tertiary/aromatic N) is 2. The zero-order valence-corrected chi connectivity index (χ0v) is 10.0. The fourth-order valence-corrected chi connectivity index (χ4v) is 1.27. The molecule has 0 bridgehead atoms. The van der Waals surface area contributed by atoms with Crippen LogP contribution < -0.4 is 5.32 Å². The number of halogens is 1. The van der Waals surface area contributed by atoms with Crippen LogP contribution in [0.3, 0.4) is 0 Å². The summed E-state index contributed by atoms with van der Waals surface area (Å²) >= 11 is 5.75. The van der Waals surface area contributed by atoms with Crippen LogP contribution in [0.15, 0.2) is 12.1 Å². The average molecular weight is 240 g/mol. The van der Waals surface area contributed by atoms with E-state index in [0.717, 1.165) is 0 Å². The van der Waals surface area contributed by atoms with Crippen molar-refractivity contribution in [1.82, 2.24) is 4.98 Å². The molecule has 86 valence electrons. The quantitative estimate of drug-likeness (QED) is 0.791. The molecule has 0 saturated carbocycles. The predicted molar refractivity (Wildman–Crippen MR) is 63.4 cm³/mol. The number of hydrogen-bond acceptors (Lipinski definition) is 4. The molecule has 0 radical (unpaired) electrons. The van der Waals surface area contributed by atoms with Crippen molar-refractivity contribution in [1.29, 1.82) is 5.26 Å². The molecular formula is C11H14ClN3O. The highest BCUT2D eigenvalue weighted by atomic mass is 35.5. The zero-order chi connectivity index (χ0) is 12.2. The maximum atomic E-state index is 9.79. The summed E-state index contributed by atoms with van der Waals surface area (Å²) in [6, 6.07) is 5.08. The van der Waals surface area contributed by atoms with E-state index in [4.69, 9.17) is 16.9 Å². The van der Waals surface area contributed by atoms with E-state index in [1.54, 1.807) is 13.0 Å². The smallest absolute Gasteiger partial charge is 0.132 e. The Morgan fingerprint density at radius 1 is 1.62 bits per heavy atom. The summed E-state index contributed by atoms with van der Waals surface area (Å²) in [6.07, 6.45) is 0.631. The van der Waals surface area contributed by atoms with E-state index >= 15 is 0 Å². The average Bonchev–Trinajstić information content (AvgIpc) is 2.26. The second kappa shape index (κ2) is 5.15. The van der Waals surface area contributed by atoms with E-state index in [0.29, 0.717) is 24.3 Å². The lowest BCUT2D eigenvalue weighted by molar-refractivity contribution is 0.0696. The van der Waals surface area contributed by atoms with E-state index < -0.39 is 5.60 Å². The number of aromatic nitrogens is 1. The van der Waals surface area contributed by atoms with Crippen molar-refractivity contribution in [2.75, 3.05) is 11.9 Å². The molecule has 0 amide bonds. The Labute approximate surface area is 99.9 Å². The molecule has 1 atom stereocenters. The number of anilines is 1. The molecule has 0 fully saturated rings. The number of pyridine rings is 1. The number of nitriles is 1. The molecule has 0 aromatic carbocycles. The first kappa shape index (κ1) is 12.8. The Bertz CT molecular complexity index is 412. The monoisotopic (exact) mass is 239 g/mol. The van der Waals surface area contributed by atoms with Crippen molar-refractivity contribution in [3.05, 3.63) is 22.8 Å². The van der Waals surface area contributed by atoms with Crippen LogP contribution in [-0.2, 0) is 0 Å². The minimum absolute atomic E-state index is 0.262. The van der Waals surface area contributed by atoms with Gasteiger partial charge in [0, 0.05) is 6.54 Å². The molecule has 1 rings (SSSR count). The Kier molecular flexibility index (Phi) is 4.11. The number of hydrogen-bond donors (Lipinski definition) is 2. The lowest BCUT2D eigenvalue weighted by Crippen LogP contribution is -2.32. The summed E-state index contributed by atoms with van der Waals surface area (Å²) in [5.74, 6) is 0.498. The third-order valence-electron chi connectivity index (χ3n) is 2.34. The predicted octanol–water partition coefficient (Wildman–Crippen LogP) is 2.18. The van der Waals surface area contributed by atoms with Crippen LogP contribution in [-0.4, -0.2) is 22.2 Å². The third kappa shape index (κ3) is 3.69. The second-order valence-electron chi connectivity index (χ2n) is 3.88. The highest BCUT2D eigenvalue weighted by molar-refractivity contribution is 6.29. The van der Waals surface area contributed by atoms with Gasteiger partial charge in [-0.15, -0.1) is 0 Å². The van der Waals surface area contributed by atoms with Gasteiger partial charge in [-0.25, -0.2) is 4.98 Å². The SMILES string of the molecule is CCC(C)(O)CNc1cc(C#N)cc(Cl)n1. The van der Waals surface area contributed by atoms with Crippen LogP contribution in [0.5, 0.6) is 0 Å². The summed E-state index contributed by atoms with van der Waals surface area (Å²) in [6.45, 7) is 3.99. The summed E-state index contributed by atoms with van der Waals surface area (Å²) in [5, 5.41) is 21.8. The summed E-state index contributed by atoms with van der Waals surface area (Å²) in [5.41, 5.74) is -0.352. The molecule has 0 aliphatic rings.